The van der Waals surface area contributed by atoms with Gasteiger partial charge in [-0.15, -0.1) is 11.3 Å². The zero-order chi connectivity index (χ0) is 14.0. The van der Waals surface area contributed by atoms with E-state index in [4.69, 9.17) is 4.74 Å². The first-order valence-corrected chi connectivity index (χ1v) is 7.28. The van der Waals surface area contributed by atoms with Gasteiger partial charge in [-0.05, 0) is 27.2 Å². The minimum Gasteiger partial charge on any atom is -0.444 e. The summed E-state index contributed by atoms with van der Waals surface area (Å²) in [4.78, 5) is 18.0. The number of aliphatic hydroxyl groups is 1. The molecule has 0 saturated carbocycles. The molecule has 1 saturated heterocycles. The first-order chi connectivity index (χ1) is 8.90. The molecule has 1 aliphatic heterocycles. The van der Waals surface area contributed by atoms with Gasteiger partial charge in [0, 0.05) is 24.0 Å². The number of carbonyl (C=O) groups excluding carboxylic acids is 1. The molecule has 1 aromatic heterocycles. The highest BCUT2D eigenvalue weighted by Gasteiger charge is 2.38. The molecule has 2 atom stereocenters. The number of rotatable bonds is 2. The maximum Gasteiger partial charge on any atom is 0.410 e. The molecule has 2 rings (SSSR count). The van der Waals surface area contributed by atoms with Crippen molar-refractivity contribution >= 4 is 17.4 Å². The maximum absolute atomic E-state index is 12.1. The lowest BCUT2D eigenvalue weighted by Crippen LogP contribution is -2.41. The zero-order valence-electron chi connectivity index (χ0n) is 11.5. The molecular formula is C13H20N2O3S. The van der Waals surface area contributed by atoms with Crippen LogP contribution in [0.25, 0.3) is 0 Å². The molecule has 19 heavy (non-hydrogen) atoms. The van der Waals surface area contributed by atoms with E-state index in [0.29, 0.717) is 6.54 Å². The number of aliphatic hydroxyl groups excluding tert-OH is 1. The van der Waals surface area contributed by atoms with Crippen molar-refractivity contribution in [3.8, 4) is 0 Å². The topological polar surface area (TPSA) is 62.7 Å². The van der Waals surface area contributed by atoms with Crippen LogP contribution in [0, 0.1) is 0 Å². The Balaban J connectivity index is 2.06. The van der Waals surface area contributed by atoms with Crippen molar-refractivity contribution in [2.75, 3.05) is 13.2 Å². The average Bonchev–Trinajstić information content (AvgIpc) is 2.95. The van der Waals surface area contributed by atoms with E-state index in [9.17, 15) is 9.90 Å². The fourth-order valence-corrected chi connectivity index (χ4v) is 3.00. The van der Waals surface area contributed by atoms with Crippen molar-refractivity contribution in [2.24, 2.45) is 0 Å². The summed E-state index contributed by atoms with van der Waals surface area (Å²) in [5, 5.41) is 12.4. The molecule has 0 radical (unpaired) electrons. The van der Waals surface area contributed by atoms with E-state index in [0.717, 1.165) is 11.4 Å². The Kier molecular flexibility index (Phi) is 4.10. The van der Waals surface area contributed by atoms with Gasteiger partial charge in [0.2, 0.25) is 0 Å². The number of nitrogens with zero attached hydrogens (tertiary/aromatic N) is 2. The molecular weight excluding hydrogens is 264 g/mol. The summed E-state index contributed by atoms with van der Waals surface area (Å²) in [5.74, 6) is 0.199. The Labute approximate surface area is 117 Å². The van der Waals surface area contributed by atoms with E-state index < -0.39 is 5.60 Å². The summed E-state index contributed by atoms with van der Waals surface area (Å²) in [6, 6.07) is -0.177. The summed E-state index contributed by atoms with van der Waals surface area (Å²) in [6.45, 7) is 6.04. The molecule has 0 aliphatic carbocycles. The van der Waals surface area contributed by atoms with E-state index in [2.05, 4.69) is 4.98 Å². The van der Waals surface area contributed by atoms with Gasteiger partial charge in [0.15, 0.2) is 0 Å². The van der Waals surface area contributed by atoms with E-state index in [1.807, 2.05) is 26.2 Å². The highest BCUT2D eigenvalue weighted by Crippen LogP contribution is 2.33. The van der Waals surface area contributed by atoms with E-state index in [1.54, 1.807) is 22.4 Å². The highest BCUT2D eigenvalue weighted by molar-refractivity contribution is 7.09. The fourth-order valence-electron chi connectivity index (χ4n) is 2.25. The third kappa shape index (κ3) is 3.45. The Bertz CT molecular complexity index is 428. The van der Waals surface area contributed by atoms with Gasteiger partial charge < -0.3 is 14.7 Å². The number of thiazole rings is 1. The van der Waals surface area contributed by atoms with Crippen LogP contribution >= 0.6 is 11.3 Å². The maximum atomic E-state index is 12.1. The number of amides is 1. The number of hydrogen-bond donors (Lipinski definition) is 1. The lowest BCUT2D eigenvalue weighted by atomic mass is 10.1. The summed E-state index contributed by atoms with van der Waals surface area (Å²) in [6.07, 6.45) is 2.15. The van der Waals surface area contributed by atoms with Gasteiger partial charge in [0.05, 0.1) is 17.7 Å². The number of ether oxygens (including phenoxy) is 1. The number of hydrogen-bond acceptors (Lipinski definition) is 5. The van der Waals surface area contributed by atoms with Crippen LogP contribution in [0.2, 0.25) is 0 Å². The normalized spacial score (nSPS) is 23.7. The largest absolute Gasteiger partial charge is 0.444 e. The molecule has 0 bridgehead atoms. The molecule has 1 amide bonds. The van der Waals surface area contributed by atoms with Gasteiger partial charge in [-0.2, -0.15) is 0 Å². The van der Waals surface area contributed by atoms with Gasteiger partial charge in [-0.1, -0.05) is 0 Å². The lowest BCUT2D eigenvalue weighted by Gasteiger charge is -2.27. The van der Waals surface area contributed by atoms with Gasteiger partial charge in [0.1, 0.15) is 5.60 Å². The first-order valence-electron chi connectivity index (χ1n) is 6.40. The van der Waals surface area contributed by atoms with Crippen LogP contribution in [0.15, 0.2) is 11.6 Å². The molecule has 2 heterocycles. The van der Waals surface area contributed by atoms with Crippen LogP contribution in [0.1, 0.15) is 38.1 Å². The van der Waals surface area contributed by atoms with Crippen LogP contribution in [0.3, 0.4) is 0 Å². The number of aromatic nitrogens is 1. The second kappa shape index (κ2) is 5.46. The Morgan fingerprint density at radius 1 is 1.63 bits per heavy atom. The monoisotopic (exact) mass is 284 g/mol. The van der Waals surface area contributed by atoms with Crippen molar-refractivity contribution < 1.29 is 14.6 Å². The van der Waals surface area contributed by atoms with Crippen molar-refractivity contribution in [3.63, 3.8) is 0 Å². The minimum atomic E-state index is -0.518. The molecule has 0 spiro atoms. The first kappa shape index (κ1) is 14.3. The van der Waals surface area contributed by atoms with Crippen LogP contribution in [-0.2, 0) is 4.74 Å². The van der Waals surface area contributed by atoms with Crippen LogP contribution in [0.4, 0.5) is 4.79 Å². The molecule has 1 fully saturated rings. The van der Waals surface area contributed by atoms with Crippen molar-refractivity contribution in [3.05, 3.63) is 16.6 Å². The predicted octanol–water partition coefficient (Wildman–Crippen LogP) is 2.23. The average molecular weight is 284 g/mol. The number of carbonyl (C=O) groups is 1. The summed E-state index contributed by atoms with van der Waals surface area (Å²) < 4.78 is 5.38. The van der Waals surface area contributed by atoms with Gasteiger partial charge >= 0.3 is 6.09 Å². The Hall–Kier alpha value is -1.14. The van der Waals surface area contributed by atoms with Gasteiger partial charge in [-0.25, -0.2) is 9.78 Å². The van der Waals surface area contributed by atoms with Crippen LogP contribution in [-0.4, -0.2) is 45.9 Å². The highest BCUT2D eigenvalue weighted by atomic mass is 32.1. The molecule has 0 aromatic carbocycles. The summed E-state index contributed by atoms with van der Waals surface area (Å²) in [7, 11) is 0. The van der Waals surface area contributed by atoms with Crippen molar-refractivity contribution in [2.45, 2.75) is 44.8 Å². The lowest BCUT2D eigenvalue weighted by molar-refractivity contribution is 0.0174. The van der Waals surface area contributed by atoms with Gasteiger partial charge in [0.25, 0.3) is 0 Å². The van der Waals surface area contributed by atoms with Crippen molar-refractivity contribution in [1.82, 2.24) is 9.88 Å². The van der Waals surface area contributed by atoms with Crippen molar-refractivity contribution in [1.29, 1.82) is 0 Å². The molecule has 1 aromatic rings. The third-order valence-electron chi connectivity index (χ3n) is 3.05. The molecule has 1 aliphatic rings. The predicted molar refractivity (Wildman–Crippen MR) is 73.3 cm³/mol. The van der Waals surface area contributed by atoms with E-state index >= 15 is 0 Å². The second-order valence-electron chi connectivity index (χ2n) is 5.77. The molecule has 6 heteroatoms. The van der Waals surface area contributed by atoms with Gasteiger partial charge in [-0.3, -0.25) is 0 Å². The Morgan fingerprint density at radius 3 is 2.89 bits per heavy atom. The summed E-state index contributed by atoms with van der Waals surface area (Å²) in [5.41, 5.74) is -0.518. The fraction of sp³-hybridized carbons (Fsp3) is 0.692. The quantitative estimate of drug-likeness (QED) is 0.904. The standard InChI is InChI=1S/C13H20N2O3S/c1-13(2,3)18-12(17)15-7-9(6-10(15)8-16)11-14-4-5-19-11/h4-5,9-10,16H,6-8H2,1-3H3/t9-,10?/m0/s1. The summed E-state index contributed by atoms with van der Waals surface area (Å²) >= 11 is 1.59. The third-order valence-corrected chi connectivity index (χ3v) is 3.99. The smallest absolute Gasteiger partial charge is 0.410 e. The molecule has 106 valence electrons. The Morgan fingerprint density at radius 2 is 2.37 bits per heavy atom. The van der Waals surface area contributed by atoms with E-state index in [1.165, 1.54) is 0 Å². The van der Waals surface area contributed by atoms with Crippen LogP contribution in [0.5, 0.6) is 0 Å². The second-order valence-corrected chi connectivity index (χ2v) is 6.70. The van der Waals surface area contributed by atoms with Crippen LogP contribution < -0.4 is 0 Å². The minimum absolute atomic E-state index is 0.0406. The van der Waals surface area contributed by atoms with E-state index in [-0.39, 0.29) is 24.7 Å². The molecule has 5 nitrogen and oxygen atoms in total. The zero-order valence-corrected chi connectivity index (χ0v) is 12.3. The number of likely N-dealkylation sites (tertiary alicyclic amines) is 1. The molecule has 1 N–H and O–H groups in total. The SMILES string of the molecule is CC(C)(C)OC(=O)N1C[C@@H](c2nccs2)CC1CO. The molecule has 1 unspecified atom stereocenters.